The van der Waals surface area contributed by atoms with Gasteiger partial charge in [-0.1, -0.05) is 12.1 Å². The molecule has 3 amide bonds. The molecule has 0 radical (unpaired) electrons. The van der Waals surface area contributed by atoms with Gasteiger partial charge in [-0.3, -0.25) is 14.4 Å². The second-order valence-corrected chi connectivity index (χ2v) is 11.6. The molecule has 2 aliphatic rings. The van der Waals surface area contributed by atoms with E-state index in [1.165, 1.54) is 19.2 Å². The highest BCUT2D eigenvalue weighted by Gasteiger charge is 2.32. The molecule has 2 heterocycles. The van der Waals surface area contributed by atoms with Crippen LogP contribution in [0.2, 0.25) is 0 Å². The first kappa shape index (κ1) is 30.2. The summed E-state index contributed by atoms with van der Waals surface area (Å²) >= 11 is 0. The van der Waals surface area contributed by atoms with Crippen molar-refractivity contribution in [3.63, 3.8) is 0 Å². The van der Waals surface area contributed by atoms with Crippen molar-refractivity contribution in [3.05, 3.63) is 29.8 Å². The molecule has 2 saturated heterocycles. The summed E-state index contributed by atoms with van der Waals surface area (Å²) in [6.07, 6.45) is 3.89. The molecule has 2 unspecified atom stereocenters. The summed E-state index contributed by atoms with van der Waals surface area (Å²) in [4.78, 5) is 54.0. The number of hydrogen-bond donors (Lipinski definition) is 2. The zero-order valence-electron chi connectivity index (χ0n) is 23.6. The maximum Gasteiger partial charge on any atom is 0.410 e. The van der Waals surface area contributed by atoms with E-state index in [1.54, 1.807) is 21.9 Å². The number of benzene rings is 1. The summed E-state index contributed by atoms with van der Waals surface area (Å²) in [5.74, 6) is -0.613. The van der Waals surface area contributed by atoms with Crippen LogP contribution >= 0.6 is 0 Å². The summed E-state index contributed by atoms with van der Waals surface area (Å²) in [6, 6.07) is 5.79. The normalized spacial score (nSPS) is 19.2. The number of methoxy groups -OCH3 is 1. The molecular formula is C29H43N3O7. The molecule has 39 heavy (non-hydrogen) atoms. The fourth-order valence-corrected chi connectivity index (χ4v) is 5.17. The molecule has 0 bridgehead atoms. The molecule has 2 aliphatic heterocycles. The Kier molecular flexibility index (Phi) is 10.6. The van der Waals surface area contributed by atoms with E-state index in [-0.39, 0.29) is 36.0 Å². The SMILES string of the molecule is COC(=O)CC(NC(=O)C1CCCN(C(=O)CCC2CCN(C(=O)OC(C)(C)C)CC2)C1)c1cccc(O)c1. The van der Waals surface area contributed by atoms with E-state index in [0.717, 1.165) is 25.7 Å². The van der Waals surface area contributed by atoms with Gasteiger partial charge in [-0.2, -0.15) is 0 Å². The van der Waals surface area contributed by atoms with Crippen molar-refractivity contribution in [2.24, 2.45) is 11.8 Å². The van der Waals surface area contributed by atoms with E-state index in [2.05, 4.69) is 5.32 Å². The third kappa shape index (κ3) is 9.44. The van der Waals surface area contributed by atoms with Gasteiger partial charge in [0.15, 0.2) is 0 Å². The Labute approximate surface area is 231 Å². The number of aromatic hydroxyl groups is 1. The second-order valence-electron chi connectivity index (χ2n) is 11.6. The Morgan fingerprint density at radius 2 is 1.79 bits per heavy atom. The lowest BCUT2D eigenvalue weighted by molar-refractivity contribution is -0.141. The van der Waals surface area contributed by atoms with E-state index >= 15 is 0 Å². The zero-order chi connectivity index (χ0) is 28.6. The Hall–Kier alpha value is -3.30. The predicted molar refractivity (Wildman–Crippen MR) is 145 cm³/mol. The minimum Gasteiger partial charge on any atom is -0.508 e. The lowest BCUT2D eigenvalue weighted by atomic mass is 9.91. The van der Waals surface area contributed by atoms with Crippen molar-refractivity contribution >= 4 is 23.9 Å². The number of ether oxygens (including phenoxy) is 2. The van der Waals surface area contributed by atoms with Crippen molar-refractivity contribution in [3.8, 4) is 5.75 Å². The number of piperidine rings is 2. The van der Waals surface area contributed by atoms with Gasteiger partial charge < -0.3 is 29.7 Å². The quantitative estimate of drug-likeness (QED) is 0.476. The van der Waals surface area contributed by atoms with E-state index in [0.29, 0.717) is 50.5 Å². The first-order chi connectivity index (χ1) is 18.4. The van der Waals surface area contributed by atoms with Crippen molar-refractivity contribution in [2.45, 2.75) is 77.4 Å². The first-order valence-corrected chi connectivity index (χ1v) is 13.9. The van der Waals surface area contributed by atoms with E-state index in [1.807, 2.05) is 20.8 Å². The fourth-order valence-electron chi connectivity index (χ4n) is 5.17. The molecule has 1 aromatic carbocycles. The van der Waals surface area contributed by atoms with Crippen molar-refractivity contribution < 1.29 is 33.8 Å². The third-order valence-corrected chi connectivity index (χ3v) is 7.37. The molecule has 0 aromatic heterocycles. The Morgan fingerprint density at radius 1 is 1.08 bits per heavy atom. The van der Waals surface area contributed by atoms with Crippen LogP contribution in [0.25, 0.3) is 0 Å². The molecule has 2 fully saturated rings. The molecule has 1 aromatic rings. The van der Waals surface area contributed by atoms with Gasteiger partial charge in [-0.05, 0) is 76.5 Å². The van der Waals surface area contributed by atoms with E-state index in [9.17, 15) is 24.3 Å². The minimum atomic E-state index is -0.644. The molecule has 10 nitrogen and oxygen atoms in total. The van der Waals surface area contributed by atoms with Crippen LogP contribution < -0.4 is 5.32 Å². The molecule has 0 spiro atoms. The van der Waals surface area contributed by atoms with Crippen LogP contribution in [0, 0.1) is 11.8 Å². The Morgan fingerprint density at radius 3 is 2.44 bits per heavy atom. The van der Waals surface area contributed by atoms with Crippen LogP contribution in [-0.2, 0) is 23.9 Å². The highest BCUT2D eigenvalue weighted by atomic mass is 16.6. The Balaban J connectivity index is 1.48. The van der Waals surface area contributed by atoms with Gasteiger partial charge in [-0.25, -0.2) is 4.79 Å². The third-order valence-electron chi connectivity index (χ3n) is 7.37. The molecule has 2 N–H and O–H groups in total. The number of phenolic OH excluding ortho intramolecular Hbond substituents is 1. The van der Waals surface area contributed by atoms with Crippen LogP contribution in [0.1, 0.15) is 77.3 Å². The highest BCUT2D eigenvalue weighted by Crippen LogP contribution is 2.26. The first-order valence-electron chi connectivity index (χ1n) is 13.9. The van der Waals surface area contributed by atoms with Crippen molar-refractivity contribution in [1.82, 2.24) is 15.1 Å². The van der Waals surface area contributed by atoms with E-state index < -0.39 is 17.6 Å². The lowest BCUT2D eigenvalue weighted by Gasteiger charge is -2.35. The Bertz CT molecular complexity index is 1010. The van der Waals surface area contributed by atoms with Gasteiger partial charge in [-0.15, -0.1) is 0 Å². The maximum atomic E-state index is 13.2. The van der Waals surface area contributed by atoms with Crippen LogP contribution in [0.5, 0.6) is 5.75 Å². The molecule has 0 saturated carbocycles. The number of phenols is 1. The molecule has 10 heteroatoms. The summed E-state index contributed by atoms with van der Waals surface area (Å²) in [6.45, 7) is 7.79. The summed E-state index contributed by atoms with van der Waals surface area (Å²) in [5.41, 5.74) is 0.0891. The zero-order valence-corrected chi connectivity index (χ0v) is 23.6. The number of rotatable bonds is 8. The summed E-state index contributed by atoms with van der Waals surface area (Å²) in [5, 5.41) is 12.8. The number of nitrogens with zero attached hydrogens (tertiary/aromatic N) is 2. The average Bonchev–Trinajstić information content (AvgIpc) is 2.90. The predicted octanol–water partition coefficient (Wildman–Crippen LogP) is 3.78. The maximum absolute atomic E-state index is 13.2. The number of hydrogen-bond acceptors (Lipinski definition) is 7. The standard InChI is InChI=1S/C29H43N3O7/c1-29(2,3)39-28(37)31-15-12-20(13-16-31)10-11-25(34)32-14-6-8-22(19-32)27(36)30-24(18-26(35)38-4)21-7-5-9-23(33)17-21/h5,7,9,17,20,22,24,33H,6,8,10-16,18-19H2,1-4H3,(H,30,36). The van der Waals surface area contributed by atoms with Crippen LogP contribution in [0.3, 0.4) is 0 Å². The summed E-state index contributed by atoms with van der Waals surface area (Å²) < 4.78 is 10.2. The largest absolute Gasteiger partial charge is 0.508 e. The monoisotopic (exact) mass is 545 g/mol. The second kappa shape index (κ2) is 13.7. The van der Waals surface area contributed by atoms with Crippen LogP contribution in [0.4, 0.5) is 4.79 Å². The minimum absolute atomic E-state index is 0.0427. The van der Waals surface area contributed by atoms with Crippen molar-refractivity contribution in [2.75, 3.05) is 33.3 Å². The molecule has 3 rings (SSSR count). The summed E-state index contributed by atoms with van der Waals surface area (Å²) in [7, 11) is 1.29. The van der Waals surface area contributed by atoms with Gasteiger partial charge >= 0.3 is 12.1 Å². The smallest absolute Gasteiger partial charge is 0.410 e. The van der Waals surface area contributed by atoms with Crippen molar-refractivity contribution in [1.29, 1.82) is 0 Å². The highest BCUT2D eigenvalue weighted by molar-refractivity contribution is 5.82. The van der Waals surface area contributed by atoms with Crippen LogP contribution in [-0.4, -0.2) is 77.7 Å². The number of carbonyl (C=O) groups excluding carboxylic acids is 4. The number of esters is 1. The van der Waals surface area contributed by atoms with E-state index in [4.69, 9.17) is 9.47 Å². The number of nitrogens with one attached hydrogen (secondary N) is 1. The van der Waals surface area contributed by atoms with Gasteiger partial charge in [0.25, 0.3) is 0 Å². The van der Waals surface area contributed by atoms with Gasteiger partial charge in [0.1, 0.15) is 11.4 Å². The molecule has 2 atom stereocenters. The van der Waals surface area contributed by atoms with Crippen LogP contribution in [0.15, 0.2) is 24.3 Å². The lowest BCUT2D eigenvalue weighted by Crippen LogP contribution is -2.46. The fraction of sp³-hybridized carbons (Fsp3) is 0.655. The van der Waals surface area contributed by atoms with Gasteiger partial charge in [0.05, 0.1) is 25.5 Å². The number of carbonyl (C=O) groups is 4. The average molecular weight is 546 g/mol. The molecule has 216 valence electrons. The molecule has 0 aliphatic carbocycles. The van der Waals surface area contributed by atoms with Gasteiger partial charge in [0.2, 0.25) is 11.8 Å². The van der Waals surface area contributed by atoms with Gasteiger partial charge in [0, 0.05) is 32.6 Å². The number of likely N-dealkylation sites (tertiary alicyclic amines) is 2. The number of amides is 3. The topological polar surface area (TPSA) is 125 Å². The molecular weight excluding hydrogens is 502 g/mol.